The standard InChI is InChI=1S/C20H16Cl2F6O3/c1-31-18(11-6-12(19(23,24)25)9-13(7-11)20(26,27)28)17(30)14(4-5-29)10-2-3-15(21)16(22)8-10/h2-3,6-9,14,18,29H,4-5H2,1H3. The van der Waals surface area contributed by atoms with E-state index < -0.39 is 53.5 Å². The van der Waals surface area contributed by atoms with Gasteiger partial charge in [-0.05, 0) is 47.9 Å². The van der Waals surface area contributed by atoms with Gasteiger partial charge < -0.3 is 9.84 Å². The summed E-state index contributed by atoms with van der Waals surface area (Å²) in [5, 5.41) is 9.61. The van der Waals surface area contributed by atoms with Crippen LogP contribution in [0.2, 0.25) is 10.0 Å². The molecule has 2 rings (SSSR count). The number of rotatable bonds is 7. The summed E-state index contributed by atoms with van der Waals surface area (Å²) in [5.41, 5.74) is -3.47. The van der Waals surface area contributed by atoms with Crippen molar-refractivity contribution in [2.45, 2.75) is 30.8 Å². The predicted octanol–water partition coefficient (Wildman–Crippen LogP) is 6.45. The molecule has 11 heteroatoms. The number of aliphatic hydroxyl groups excluding tert-OH is 1. The van der Waals surface area contributed by atoms with Crippen LogP contribution >= 0.6 is 23.2 Å². The number of ether oxygens (including phenoxy) is 1. The number of methoxy groups -OCH3 is 1. The zero-order valence-corrected chi connectivity index (χ0v) is 17.3. The van der Waals surface area contributed by atoms with E-state index in [9.17, 15) is 36.2 Å². The van der Waals surface area contributed by atoms with Crippen molar-refractivity contribution in [2.75, 3.05) is 13.7 Å². The summed E-state index contributed by atoms with van der Waals surface area (Å²) in [7, 11) is 0.987. The lowest BCUT2D eigenvalue weighted by atomic mass is 9.86. The van der Waals surface area contributed by atoms with Crippen LogP contribution in [0.3, 0.4) is 0 Å². The quantitative estimate of drug-likeness (QED) is 0.455. The first-order chi connectivity index (χ1) is 14.3. The fourth-order valence-electron chi connectivity index (χ4n) is 3.06. The average molecular weight is 489 g/mol. The van der Waals surface area contributed by atoms with Crippen molar-refractivity contribution in [1.29, 1.82) is 0 Å². The van der Waals surface area contributed by atoms with Crippen LogP contribution in [0.4, 0.5) is 26.3 Å². The van der Waals surface area contributed by atoms with Gasteiger partial charge in [0, 0.05) is 19.6 Å². The van der Waals surface area contributed by atoms with Gasteiger partial charge in [-0.15, -0.1) is 0 Å². The second-order valence-corrected chi connectivity index (χ2v) is 7.41. The largest absolute Gasteiger partial charge is 0.416 e. The van der Waals surface area contributed by atoms with Crippen LogP contribution < -0.4 is 0 Å². The Hall–Kier alpha value is -1.81. The van der Waals surface area contributed by atoms with E-state index in [1.165, 1.54) is 18.2 Å². The topological polar surface area (TPSA) is 46.5 Å². The molecule has 0 saturated heterocycles. The maximum Gasteiger partial charge on any atom is 0.416 e. The van der Waals surface area contributed by atoms with Crippen LogP contribution in [-0.2, 0) is 21.9 Å². The molecule has 0 heterocycles. The molecule has 3 nitrogen and oxygen atoms in total. The molecule has 0 aliphatic carbocycles. The smallest absolute Gasteiger partial charge is 0.396 e. The van der Waals surface area contributed by atoms with Gasteiger partial charge in [0.1, 0.15) is 6.10 Å². The van der Waals surface area contributed by atoms with Gasteiger partial charge in [0.15, 0.2) is 5.78 Å². The summed E-state index contributed by atoms with van der Waals surface area (Å²) in [6.45, 7) is -0.483. The summed E-state index contributed by atoms with van der Waals surface area (Å²) in [5.74, 6) is -1.96. The Balaban J connectivity index is 2.58. The molecular formula is C20H16Cl2F6O3. The number of hydrogen-bond donors (Lipinski definition) is 1. The Labute approximate surface area is 183 Å². The number of aliphatic hydroxyl groups is 1. The summed E-state index contributed by atoms with van der Waals surface area (Å²) >= 11 is 11.8. The summed E-state index contributed by atoms with van der Waals surface area (Å²) in [6, 6.07) is 4.97. The monoisotopic (exact) mass is 488 g/mol. The molecule has 0 amide bonds. The fourth-order valence-corrected chi connectivity index (χ4v) is 3.37. The molecule has 2 aromatic carbocycles. The first-order valence-electron chi connectivity index (χ1n) is 8.71. The van der Waals surface area contributed by atoms with E-state index in [0.29, 0.717) is 12.1 Å². The van der Waals surface area contributed by atoms with Gasteiger partial charge in [0.25, 0.3) is 0 Å². The van der Waals surface area contributed by atoms with Gasteiger partial charge in [-0.1, -0.05) is 29.3 Å². The van der Waals surface area contributed by atoms with Gasteiger partial charge in [-0.3, -0.25) is 4.79 Å². The van der Waals surface area contributed by atoms with E-state index in [0.717, 1.165) is 7.11 Å². The van der Waals surface area contributed by atoms with Crippen molar-refractivity contribution in [3.05, 3.63) is 68.7 Å². The van der Waals surface area contributed by atoms with Crippen molar-refractivity contribution in [3.8, 4) is 0 Å². The second kappa shape index (κ2) is 9.77. The van der Waals surface area contributed by atoms with Crippen LogP contribution in [0, 0.1) is 0 Å². The van der Waals surface area contributed by atoms with Gasteiger partial charge >= 0.3 is 12.4 Å². The van der Waals surface area contributed by atoms with Crippen molar-refractivity contribution in [1.82, 2.24) is 0 Å². The molecule has 0 aliphatic rings. The minimum Gasteiger partial charge on any atom is -0.396 e. The Bertz CT molecular complexity index is 911. The van der Waals surface area contributed by atoms with E-state index in [1.54, 1.807) is 0 Å². The molecule has 2 unspecified atom stereocenters. The van der Waals surface area contributed by atoms with E-state index in [1.807, 2.05) is 0 Å². The van der Waals surface area contributed by atoms with Crippen LogP contribution in [0.15, 0.2) is 36.4 Å². The molecule has 0 spiro atoms. The fraction of sp³-hybridized carbons (Fsp3) is 0.350. The van der Waals surface area contributed by atoms with Crippen molar-refractivity contribution in [2.24, 2.45) is 0 Å². The summed E-state index contributed by atoms with van der Waals surface area (Å²) < 4.78 is 84.1. The normalized spacial score (nSPS) is 14.4. The highest BCUT2D eigenvalue weighted by molar-refractivity contribution is 6.42. The van der Waals surface area contributed by atoms with Crippen LogP contribution in [0.5, 0.6) is 0 Å². The van der Waals surface area contributed by atoms with Crippen molar-refractivity contribution in [3.63, 3.8) is 0 Å². The molecule has 0 aliphatic heterocycles. The third-order valence-electron chi connectivity index (χ3n) is 4.51. The molecule has 0 bridgehead atoms. The van der Waals surface area contributed by atoms with Crippen molar-refractivity contribution < 1.29 is 41.0 Å². The number of halogens is 8. The molecule has 0 aromatic heterocycles. The van der Waals surface area contributed by atoms with E-state index in [-0.39, 0.29) is 28.1 Å². The van der Waals surface area contributed by atoms with Gasteiger partial charge in [-0.2, -0.15) is 26.3 Å². The SMILES string of the molecule is COC(C(=O)C(CCO)c1ccc(Cl)c(Cl)c1)c1cc(C(F)(F)F)cc(C(F)(F)F)c1. The van der Waals surface area contributed by atoms with Gasteiger partial charge in [-0.25, -0.2) is 0 Å². The highest BCUT2D eigenvalue weighted by atomic mass is 35.5. The number of hydrogen-bond acceptors (Lipinski definition) is 3. The first-order valence-corrected chi connectivity index (χ1v) is 9.47. The molecule has 2 aromatic rings. The number of ketones is 1. The Kier molecular flexibility index (Phi) is 8.02. The van der Waals surface area contributed by atoms with Crippen LogP contribution in [0.1, 0.15) is 40.7 Å². The van der Waals surface area contributed by atoms with Crippen LogP contribution in [0.25, 0.3) is 0 Å². The summed E-state index contributed by atoms with van der Waals surface area (Å²) in [6.07, 6.45) is -12.1. The number of Topliss-reactive ketones (excluding diaryl/α,β-unsaturated/α-hetero) is 1. The maximum absolute atomic E-state index is 13.2. The zero-order chi connectivity index (χ0) is 23.6. The number of alkyl halides is 6. The Morgan fingerprint density at radius 3 is 1.90 bits per heavy atom. The number of carbonyl (C=O) groups excluding carboxylic acids is 1. The maximum atomic E-state index is 13.2. The Morgan fingerprint density at radius 2 is 1.48 bits per heavy atom. The first kappa shape index (κ1) is 25.5. The average Bonchev–Trinajstić information content (AvgIpc) is 2.67. The third kappa shape index (κ3) is 6.12. The van der Waals surface area contributed by atoms with E-state index in [2.05, 4.69) is 0 Å². The molecule has 1 N–H and O–H groups in total. The molecule has 2 atom stereocenters. The van der Waals surface area contributed by atoms with Crippen molar-refractivity contribution >= 4 is 29.0 Å². The minimum atomic E-state index is -5.08. The van der Waals surface area contributed by atoms with E-state index >= 15 is 0 Å². The lowest BCUT2D eigenvalue weighted by Crippen LogP contribution is -2.24. The molecule has 31 heavy (non-hydrogen) atoms. The lowest BCUT2D eigenvalue weighted by Gasteiger charge is -2.24. The van der Waals surface area contributed by atoms with Gasteiger partial charge in [0.2, 0.25) is 0 Å². The lowest BCUT2D eigenvalue weighted by molar-refractivity contribution is -0.144. The van der Waals surface area contributed by atoms with Crippen LogP contribution in [-0.4, -0.2) is 24.6 Å². The second-order valence-electron chi connectivity index (χ2n) is 6.60. The van der Waals surface area contributed by atoms with E-state index in [4.69, 9.17) is 27.9 Å². The highest BCUT2D eigenvalue weighted by Gasteiger charge is 2.39. The molecular weight excluding hydrogens is 473 g/mol. The molecule has 0 saturated carbocycles. The molecule has 0 radical (unpaired) electrons. The van der Waals surface area contributed by atoms with Gasteiger partial charge in [0.05, 0.1) is 21.2 Å². The third-order valence-corrected chi connectivity index (χ3v) is 5.25. The number of carbonyl (C=O) groups is 1. The minimum absolute atomic E-state index is 0.0368. The highest BCUT2D eigenvalue weighted by Crippen LogP contribution is 2.39. The number of benzene rings is 2. The summed E-state index contributed by atoms with van der Waals surface area (Å²) in [4.78, 5) is 13.1. The predicted molar refractivity (Wildman–Crippen MR) is 102 cm³/mol. The Morgan fingerprint density at radius 1 is 0.935 bits per heavy atom. The zero-order valence-electron chi connectivity index (χ0n) is 15.8. The molecule has 170 valence electrons. The molecule has 0 fully saturated rings.